The molecule has 0 atom stereocenters. The lowest BCUT2D eigenvalue weighted by Gasteiger charge is -2.51. The number of pyridine rings is 1. The molecule has 0 unspecified atom stereocenters. The number of carbonyl (C=O) groups is 1. The van der Waals surface area contributed by atoms with Gasteiger partial charge in [-0.2, -0.15) is 5.10 Å². The van der Waals surface area contributed by atoms with Crippen LogP contribution in [-0.2, 0) is 14.9 Å². The van der Waals surface area contributed by atoms with Gasteiger partial charge in [0.15, 0.2) is 5.82 Å². The fraction of sp³-hybridized carbons (Fsp3) is 0.600. The maximum atomic E-state index is 12.3. The lowest BCUT2D eigenvalue weighted by atomic mass is 9.53. The highest BCUT2D eigenvalue weighted by Crippen LogP contribution is 2.58. The van der Waals surface area contributed by atoms with Crippen LogP contribution >= 0.6 is 0 Å². The van der Waals surface area contributed by atoms with Crippen LogP contribution < -0.4 is 0 Å². The van der Waals surface area contributed by atoms with Gasteiger partial charge in [0.05, 0.1) is 18.6 Å². The SMILES string of the molecule is COC(=O)C12CCC(c3nc(-c4c[c]cnc4)nn3C3CC3)(CC1)CC2. The lowest BCUT2D eigenvalue weighted by molar-refractivity contribution is -0.160. The standard InChI is InChI=1S/C20H23N4O2/c1-26-18(25)20-9-6-19(7-10-20,8-11-20)17-22-16(14-3-2-12-21-13-14)23-24(17)15-4-5-15/h3,12-13,15H,4-11H2,1H3. The van der Waals surface area contributed by atoms with Crippen LogP contribution in [0, 0.1) is 11.5 Å². The van der Waals surface area contributed by atoms with E-state index in [1.807, 2.05) is 6.07 Å². The zero-order valence-electron chi connectivity index (χ0n) is 15.1. The third-order valence-corrected chi connectivity index (χ3v) is 6.72. The Kier molecular flexibility index (Phi) is 3.46. The molecule has 26 heavy (non-hydrogen) atoms. The van der Waals surface area contributed by atoms with Gasteiger partial charge in [0.1, 0.15) is 5.82 Å². The Morgan fingerprint density at radius 1 is 1.23 bits per heavy atom. The van der Waals surface area contributed by atoms with Crippen LogP contribution in [0.15, 0.2) is 18.5 Å². The van der Waals surface area contributed by atoms with Crippen LogP contribution in [0.4, 0.5) is 0 Å². The molecule has 0 aromatic carbocycles. The summed E-state index contributed by atoms with van der Waals surface area (Å²) in [6.45, 7) is 0. The molecule has 2 bridgehead atoms. The summed E-state index contributed by atoms with van der Waals surface area (Å²) < 4.78 is 7.28. The zero-order chi connectivity index (χ0) is 17.8. The lowest BCUT2D eigenvalue weighted by Crippen LogP contribution is -2.49. The molecule has 2 aromatic heterocycles. The first-order valence-corrected chi connectivity index (χ1v) is 9.53. The summed E-state index contributed by atoms with van der Waals surface area (Å²) in [6.07, 6.45) is 11.5. The highest BCUT2D eigenvalue weighted by molar-refractivity contribution is 5.77. The number of fused-ring (bicyclic) bond motifs is 3. The summed E-state index contributed by atoms with van der Waals surface area (Å²) in [5, 5.41) is 4.85. The van der Waals surface area contributed by atoms with Crippen molar-refractivity contribution in [3.63, 3.8) is 0 Å². The van der Waals surface area contributed by atoms with Crippen LogP contribution in [0.5, 0.6) is 0 Å². The average Bonchev–Trinajstić information content (AvgIpc) is 3.47. The van der Waals surface area contributed by atoms with Crippen LogP contribution in [0.2, 0.25) is 0 Å². The fourth-order valence-corrected chi connectivity index (χ4v) is 4.87. The van der Waals surface area contributed by atoms with Crippen molar-refractivity contribution >= 4 is 5.97 Å². The third-order valence-electron chi connectivity index (χ3n) is 6.72. The van der Waals surface area contributed by atoms with E-state index in [4.69, 9.17) is 14.8 Å². The number of carbonyl (C=O) groups excluding carboxylic acids is 1. The summed E-state index contributed by atoms with van der Waals surface area (Å²) in [6, 6.07) is 5.39. The van der Waals surface area contributed by atoms with Gasteiger partial charge in [0, 0.05) is 29.4 Å². The Bertz CT molecular complexity index is 816. The van der Waals surface area contributed by atoms with Gasteiger partial charge >= 0.3 is 5.97 Å². The summed E-state index contributed by atoms with van der Waals surface area (Å²) in [5.74, 6) is 1.85. The van der Waals surface area contributed by atoms with Gasteiger partial charge in [-0.05, 0) is 57.4 Å². The molecule has 4 saturated carbocycles. The van der Waals surface area contributed by atoms with Crippen LogP contribution in [0.1, 0.15) is 63.2 Å². The number of nitrogens with zero attached hydrogens (tertiary/aromatic N) is 4. The molecule has 0 aliphatic heterocycles. The number of aromatic nitrogens is 4. The summed E-state index contributed by atoms with van der Waals surface area (Å²) in [5.41, 5.74) is 0.706. The number of hydrogen-bond acceptors (Lipinski definition) is 5. The fourth-order valence-electron chi connectivity index (χ4n) is 4.87. The van der Waals surface area contributed by atoms with Crippen LogP contribution in [0.3, 0.4) is 0 Å². The molecule has 6 heteroatoms. The van der Waals surface area contributed by atoms with Gasteiger partial charge in [-0.1, -0.05) is 0 Å². The van der Waals surface area contributed by atoms with Crippen molar-refractivity contribution in [1.29, 1.82) is 0 Å². The van der Waals surface area contributed by atoms with E-state index >= 15 is 0 Å². The van der Waals surface area contributed by atoms with Gasteiger partial charge in [-0.3, -0.25) is 9.78 Å². The number of hydrogen-bond donors (Lipinski definition) is 0. The van der Waals surface area contributed by atoms with E-state index in [2.05, 4.69) is 15.7 Å². The van der Waals surface area contributed by atoms with Crippen molar-refractivity contribution in [3.05, 3.63) is 30.4 Å². The highest BCUT2D eigenvalue weighted by Gasteiger charge is 2.56. The first-order chi connectivity index (χ1) is 12.7. The first kappa shape index (κ1) is 16.0. The molecule has 0 saturated heterocycles. The van der Waals surface area contributed by atoms with Crippen molar-refractivity contribution < 1.29 is 9.53 Å². The summed E-state index contributed by atoms with van der Waals surface area (Å²) >= 11 is 0. The van der Waals surface area contributed by atoms with Gasteiger partial charge in [0.25, 0.3) is 0 Å². The predicted molar refractivity (Wildman–Crippen MR) is 94.2 cm³/mol. The number of rotatable bonds is 4. The maximum absolute atomic E-state index is 12.3. The van der Waals surface area contributed by atoms with E-state index < -0.39 is 0 Å². The second kappa shape index (κ2) is 5.63. The van der Waals surface area contributed by atoms with E-state index in [1.54, 1.807) is 12.4 Å². The largest absolute Gasteiger partial charge is 0.469 e. The van der Waals surface area contributed by atoms with E-state index in [-0.39, 0.29) is 16.8 Å². The number of esters is 1. The topological polar surface area (TPSA) is 69.9 Å². The third kappa shape index (κ3) is 2.31. The predicted octanol–water partition coefficient (Wildman–Crippen LogP) is 3.24. The molecule has 6 nitrogen and oxygen atoms in total. The minimum absolute atomic E-state index is 0.0268. The molecule has 0 spiro atoms. The van der Waals surface area contributed by atoms with E-state index in [9.17, 15) is 4.79 Å². The van der Waals surface area contributed by atoms with Gasteiger partial charge < -0.3 is 4.74 Å². The molecule has 0 N–H and O–H groups in total. The normalized spacial score (nSPS) is 30.3. The minimum atomic E-state index is -0.262. The smallest absolute Gasteiger partial charge is 0.311 e. The first-order valence-electron chi connectivity index (χ1n) is 9.53. The highest BCUT2D eigenvalue weighted by atomic mass is 16.5. The van der Waals surface area contributed by atoms with Crippen LogP contribution in [0.25, 0.3) is 11.4 Å². The quantitative estimate of drug-likeness (QED) is 0.791. The number of ether oxygens (including phenoxy) is 1. The summed E-state index contributed by atoms with van der Waals surface area (Å²) in [7, 11) is 1.51. The molecule has 4 aliphatic rings. The Morgan fingerprint density at radius 3 is 2.54 bits per heavy atom. The molecule has 1 radical (unpaired) electrons. The number of methoxy groups -OCH3 is 1. The Hall–Kier alpha value is -2.24. The van der Waals surface area contributed by atoms with Crippen molar-refractivity contribution in [3.8, 4) is 11.4 Å². The summed E-state index contributed by atoms with van der Waals surface area (Å²) in [4.78, 5) is 21.5. The molecule has 135 valence electrons. The monoisotopic (exact) mass is 351 g/mol. The Labute approximate surface area is 153 Å². The Morgan fingerprint density at radius 2 is 1.96 bits per heavy atom. The molecule has 0 amide bonds. The average molecular weight is 351 g/mol. The van der Waals surface area contributed by atoms with Crippen molar-refractivity contribution in [2.24, 2.45) is 5.41 Å². The molecule has 6 rings (SSSR count). The van der Waals surface area contributed by atoms with E-state index in [1.165, 1.54) is 20.0 Å². The van der Waals surface area contributed by atoms with Crippen molar-refractivity contribution in [2.75, 3.05) is 7.11 Å². The van der Waals surface area contributed by atoms with E-state index in [0.29, 0.717) is 6.04 Å². The van der Waals surface area contributed by atoms with Gasteiger partial charge in [-0.15, -0.1) is 0 Å². The zero-order valence-corrected chi connectivity index (χ0v) is 15.1. The second-order valence-corrected chi connectivity index (χ2v) is 8.16. The van der Waals surface area contributed by atoms with Gasteiger partial charge in [0.2, 0.25) is 0 Å². The van der Waals surface area contributed by atoms with Crippen molar-refractivity contribution in [1.82, 2.24) is 19.7 Å². The maximum Gasteiger partial charge on any atom is 0.311 e. The van der Waals surface area contributed by atoms with Crippen LogP contribution in [-0.4, -0.2) is 32.8 Å². The molecule has 4 fully saturated rings. The molecule has 4 aliphatic carbocycles. The second-order valence-electron chi connectivity index (χ2n) is 8.16. The van der Waals surface area contributed by atoms with Crippen molar-refractivity contribution in [2.45, 2.75) is 62.8 Å². The van der Waals surface area contributed by atoms with E-state index in [0.717, 1.165) is 55.7 Å². The van der Waals surface area contributed by atoms with Gasteiger partial charge in [-0.25, -0.2) is 9.67 Å². The molecule has 2 aromatic rings. The molecular formula is C20H23N4O2. The Balaban J connectivity index is 1.51. The molecule has 2 heterocycles. The molecular weight excluding hydrogens is 328 g/mol. The minimum Gasteiger partial charge on any atom is -0.469 e.